The van der Waals surface area contributed by atoms with Crippen LogP contribution in [0.4, 0.5) is 5.69 Å². The van der Waals surface area contributed by atoms with Gasteiger partial charge in [0.15, 0.2) is 11.8 Å². The summed E-state index contributed by atoms with van der Waals surface area (Å²) < 4.78 is 6.96. The van der Waals surface area contributed by atoms with E-state index in [1.807, 2.05) is 32.2 Å². The standard InChI is InChI=1S/C18H16N4O3/c1-10-14-8-12(9-19-16(14)22(2)21-10)20-17(23)15-7-11-5-3-4-6-13(11)18(24)25-15/h3-6,8-9,15H,7H2,1-2H3,(H,20,23). The second-order valence-electron chi connectivity index (χ2n) is 6.05. The Labute approximate surface area is 143 Å². The van der Waals surface area contributed by atoms with Crippen molar-refractivity contribution in [3.8, 4) is 0 Å². The van der Waals surface area contributed by atoms with Gasteiger partial charge in [-0.3, -0.25) is 9.48 Å². The lowest BCUT2D eigenvalue weighted by Crippen LogP contribution is -2.37. The van der Waals surface area contributed by atoms with Crippen molar-refractivity contribution < 1.29 is 14.3 Å². The Morgan fingerprint density at radius 2 is 2.16 bits per heavy atom. The highest BCUT2D eigenvalue weighted by atomic mass is 16.5. The SMILES string of the molecule is Cc1nn(C)c2ncc(NC(=O)C3Cc4ccccc4C(=O)O3)cc12. The van der Waals surface area contributed by atoms with E-state index in [0.29, 0.717) is 17.7 Å². The number of nitrogens with zero attached hydrogens (tertiary/aromatic N) is 3. The van der Waals surface area contributed by atoms with Crippen molar-refractivity contribution in [2.24, 2.45) is 7.05 Å². The number of amides is 1. The number of pyridine rings is 1. The summed E-state index contributed by atoms with van der Waals surface area (Å²) in [5.41, 5.74) is 3.45. The van der Waals surface area contributed by atoms with Crippen molar-refractivity contribution >= 4 is 28.6 Å². The largest absolute Gasteiger partial charge is 0.448 e. The minimum atomic E-state index is -0.854. The number of benzene rings is 1. The van der Waals surface area contributed by atoms with Gasteiger partial charge in [0.25, 0.3) is 5.91 Å². The molecule has 1 amide bonds. The van der Waals surface area contributed by atoms with E-state index < -0.39 is 12.1 Å². The highest BCUT2D eigenvalue weighted by Gasteiger charge is 2.31. The minimum Gasteiger partial charge on any atom is -0.448 e. The number of carbonyl (C=O) groups is 2. The van der Waals surface area contributed by atoms with Gasteiger partial charge in [0.2, 0.25) is 0 Å². The third-order valence-corrected chi connectivity index (χ3v) is 4.31. The van der Waals surface area contributed by atoms with E-state index in [-0.39, 0.29) is 5.91 Å². The van der Waals surface area contributed by atoms with Crippen LogP contribution in [0, 0.1) is 6.92 Å². The van der Waals surface area contributed by atoms with Crippen LogP contribution in [0.15, 0.2) is 36.5 Å². The number of ether oxygens (including phenoxy) is 1. The summed E-state index contributed by atoms with van der Waals surface area (Å²) >= 11 is 0. The Morgan fingerprint density at radius 1 is 1.36 bits per heavy atom. The number of carbonyl (C=O) groups excluding carboxylic acids is 2. The van der Waals surface area contributed by atoms with Crippen molar-refractivity contribution in [1.29, 1.82) is 0 Å². The molecule has 4 rings (SSSR count). The zero-order chi connectivity index (χ0) is 17.6. The molecule has 7 heteroatoms. The quantitative estimate of drug-likeness (QED) is 0.723. The summed E-state index contributed by atoms with van der Waals surface area (Å²) in [5, 5.41) is 7.95. The first kappa shape index (κ1) is 15.3. The normalized spacial score (nSPS) is 16.4. The molecule has 126 valence electrons. The molecule has 1 N–H and O–H groups in total. The number of hydrogen-bond acceptors (Lipinski definition) is 5. The highest BCUT2D eigenvalue weighted by molar-refractivity contribution is 6.00. The van der Waals surface area contributed by atoms with Crippen molar-refractivity contribution in [3.05, 3.63) is 53.3 Å². The number of anilines is 1. The summed E-state index contributed by atoms with van der Waals surface area (Å²) in [6, 6.07) is 8.98. The summed E-state index contributed by atoms with van der Waals surface area (Å²) in [7, 11) is 1.82. The lowest BCUT2D eigenvalue weighted by atomic mass is 9.98. The Morgan fingerprint density at radius 3 is 3.00 bits per heavy atom. The van der Waals surface area contributed by atoms with Crippen molar-refractivity contribution in [3.63, 3.8) is 0 Å². The molecule has 1 unspecified atom stereocenters. The maximum Gasteiger partial charge on any atom is 0.339 e. The Hall–Kier alpha value is -3.22. The number of fused-ring (bicyclic) bond motifs is 2. The monoisotopic (exact) mass is 336 g/mol. The van der Waals surface area contributed by atoms with Gasteiger partial charge in [-0.05, 0) is 24.6 Å². The molecular weight excluding hydrogens is 320 g/mol. The Kier molecular flexibility index (Phi) is 3.49. The van der Waals surface area contributed by atoms with Crippen LogP contribution in [-0.2, 0) is 23.0 Å². The van der Waals surface area contributed by atoms with E-state index >= 15 is 0 Å². The predicted molar refractivity (Wildman–Crippen MR) is 91.2 cm³/mol. The number of nitrogens with one attached hydrogen (secondary N) is 1. The molecule has 3 heterocycles. The lowest BCUT2D eigenvalue weighted by molar-refractivity contribution is -0.125. The first-order valence-electron chi connectivity index (χ1n) is 7.92. The zero-order valence-electron chi connectivity index (χ0n) is 13.8. The van der Waals surface area contributed by atoms with Gasteiger partial charge in [0.1, 0.15) is 0 Å². The second kappa shape index (κ2) is 5.70. The molecule has 2 aromatic heterocycles. The first-order valence-corrected chi connectivity index (χ1v) is 7.92. The predicted octanol–water partition coefficient (Wildman–Crippen LogP) is 2.00. The average molecular weight is 336 g/mol. The summed E-state index contributed by atoms with van der Waals surface area (Å²) in [6.07, 6.45) is 1.07. The van der Waals surface area contributed by atoms with Crippen LogP contribution >= 0.6 is 0 Å². The number of rotatable bonds is 2. The van der Waals surface area contributed by atoms with Gasteiger partial charge < -0.3 is 10.1 Å². The molecule has 0 radical (unpaired) electrons. The van der Waals surface area contributed by atoms with Gasteiger partial charge in [-0.25, -0.2) is 9.78 Å². The van der Waals surface area contributed by atoms with Crippen molar-refractivity contribution in [1.82, 2.24) is 14.8 Å². The average Bonchev–Trinajstić information content (AvgIpc) is 2.89. The highest BCUT2D eigenvalue weighted by Crippen LogP contribution is 2.23. The molecule has 1 aliphatic rings. The van der Waals surface area contributed by atoms with E-state index in [9.17, 15) is 9.59 Å². The molecule has 25 heavy (non-hydrogen) atoms. The summed E-state index contributed by atoms with van der Waals surface area (Å²) in [4.78, 5) is 28.9. The number of hydrogen-bond donors (Lipinski definition) is 1. The number of esters is 1. The molecule has 1 aliphatic heterocycles. The van der Waals surface area contributed by atoms with Crippen LogP contribution in [0.3, 0.4) is 0 Å². The number of aryl methyl sites for hydroxylation is 2. The lowest BCUT2D eigenvalue weighted by Gasteiger charge is -2.23. The van der Waals surface area contributed by atoms with Crippen LogP contribution in [-0.4, -0.2) is 32.7 Å². The van der Waals surface area contributed by atoms with Gasteiger partial charge in [-0.1, -0.05) is 18.2 Å². The van der Waals surface area contributed by atoms with Crippen LogP contribution in [0.5, 0.6) is 0 Å². The van der Waals surface area contributed by atoms with E-state index in [1.54, 1.807) is 23.0 Å². The Bertz CT molecular complexity index is 1010. The number of cyclic esters (lactones) is 1. The van der Waals surface area contributed by atoms with Gasteiger partial charge in [-0.15, -0.1) is 0 Å². The molecule has 0 spiro atoms. The van der Waals surface area contributed by atoms with Crippen molar-refractivity contribution in [2.45, 2.75) is 19.4 Å². The minimum absolute atomic E-state index is 0.356. The van der Waals surface area contributed by atoms with Crippen LogP contribution in [0.1, 0.15) is 21.6 Å². The third-order valence-electron chi connectivity index (χ3n) is 4.31. The molecule has 1 aromatic carbocycles. The fourth-order valence-corrected chi connectivity index (χ4v) is 3.08. The number of aromatic nitrogens is 3. The smallest absolute Gasteiger partial charge is 0.339 e. The van der Waals surface area contributed by atoms with Gasteiger partial charge in [0.05, 0.1) is 23.1 Å². The summed E-state index contributed by atoms with van der Waals surface area (Å²) in [5.74, 6) is -0.843. The van der Waals surface area contributed by atoms with E-state index in [4.69, 9.17) is 4.74 Å². The molecule has 0 saturated heterocycles. The topological polar surface area (TPSA) is 86.1 Å². The molecule has 0 aliphatic carbocycles. The molecule has 0 saturated carbocycles. The molecule has 0 fully saturated rings. The van der Waals surface area contributed by atoms with Crippen LogP contribution in [0.2, 0.25) is 0 Å². The van der Waals surface area contributed by atoms with Gasteiger partial charge in [-0.2, -0.15) is 5.10 Å². The summed E-state index contributed by atoms with van der Waals surface area (Å²) in [6.45, 7) is 1.88. The molecule has 3 aromatic rings. The second-order valence-corrected chi connectivity index (χ2v) is 6.05. The van der Waals surface area contributed by atoms with E-state index in [2.05, 4.69) is 15.4 Å². The van der Waals surface area contributed by atoms with E-state index in [0.717, 1.165) is 22.3 Å². The fourth-order valence-electron chi connectivity index (χ4n) is 3.08. The van der Waals surface area contributed by atoms with Crippen molar-refractivity contribution in [2.75, 3.05) is 5.32 Å². The molecule has 7 nitrogen and oxygen atoms in total. The molecule has 1 atom stereocenters. The van der Waals surface area contributed by atoms with E-state index in [1.165, 1.54) is 0 Å². The maximum atomic E-state index is 12.5. The Balaban J connectivity index is 1.57. The van der Waals surface area contributed by atoms with Gasteiger partial charge in [0, 0.05) is 18.9 Å². The fraction of sp³-hybridized carbons (Fsp3) is 0.222. The first-order chi connectivity index (χ1) is 12.0. The zero-order valence-corrected chi connectivity index (χ0v) is 13.8. The van der Waals surface area contributed by atoms with Crippen LogP contribution in [0.25, 0.3) is 11.0 Å². The maximum absolute atomic E-state index is 12.5. The van der Waals surface area contributed by atoms with Crippen LogP contribution < -0.4 is 5.32 Å². The van der Waals surface area contributed by atoms with Gasteiger partial charge >= 0.3 is 5.97 Å². The molecule has 0 bridgehead atoms. The third kappa shape index (κ3) is 2.63. The molecular formula is C18H16N4O3.